The van der Waals surface area contributed by atoms with Gasteiger partial charge in [0.1, 0.15) is 5.92 Å². The van der Waals surface area contributed by atoms with Crippen LogP contribution in [0.4, 0.5) is 0 Å². The summed E-state index contributed by atoms with van der Waals surface area (Å²) in [5.41, 5.74) is -1.30. The summed E-state index contributed by atoms with van der Waals surface area (Å²) in [7, 11) is 0. The van der Waals surface area contributed by atoms with E-state index in [4.69, 9.17) is 0 Å². The van der Waals surface area contributed by atoms with Crippen LogP contribution >= 0.6 is 0 Å². The summed E-state index contributed by atoms with van der Waals surface area (Å²) >= 11 is 0. The normalized spacial score (nSPS) is 31.9. The molecule has 0 spiro atoms. The van der Waals surface area contributed by atoms with E-state index < -0.39 is 28.9 Å². The first kappa shape index (κ1) is 13.9. The number of aliphatic carboxylic acids is 1. The summed E-state index contributed by atoms with van der Waals surface area (Å²) in [6.45, 7) is 1.66. The van der Waals surface area contributed by atoms with Crippen LogP contribution in [0.1, 0.15) is 45.4 Å². The molecule has 2 aliphatic carbocycles. The third-order valence-electron chi connectivity index (χ3n) is 4.59. The molecule has 0 amide bonds. The number of hydrogen-bond acceptors (Lipinski definition) is 4. The number of hydrogen-bond donors (Lipinski definition) is 1. The summed E-state index contributed by atoms with van der Waals surface area (Å²) in [6, 6.07) is 0. The standard InChI is InChI=1S/C14H18O5/c1-2-14(13(18)19)6-9(15)11(10(16)7-14)12(17)8-4-3-5-8/h8,11H,2-7H2,1H3,(H,18,19). The summed E-state index contributed by atoms with van der Waals surface area (Å²) in [6.07, 6.45) is 2.27. The molecule has 0 aliphatic heterocycles. The molecule has 1 N–H and O–H groups in total. The van der Waals surface area contributed by atoms with Crippen LogP contribution in [-0.4, -0.2) is 28.4 Å². The van der Waals surface area contributed by atoms with E-state index >= 15 is 0 Å². The minimum Gasteiger partial charge on any atom is -0.481 e. The minimum absolute atomic E-state index is 0.170. The molecule has 0 atom stereocenters. The van der Waals surface area contributed by atoms with Crippen molar-refractivity contribution in [3.8, 4) is 0 Å². The van der Waals surface area contributed by atoms with E-state index in [0.717, 1.165) is 19.3 Å². The van der Waals surface area contributed by atoms with Gasteiger partial charge in [0, 0.05) is 18.8 Å². The monoisotopic (exact) mass is 266 g/mol. The Labute approximate surface area is 111 Å². The van der Waals surface area contributed by atoms with Crippen molar-refractivity contribution in [1.82, 2.24) is 0 Å². The maximum atomic E-state index is 12.1. The van der Waals surface area contributed by atoms with E-state index in [1.54, 1.807) is 6.92 Å². The second-order valence-electron chi connectivity index (χ2n) is 5.69. The van der Waals surface area contributed by atoms with Gasteiger partial charge in [-0.05, 0) is 19.3 Å². The quantitative estimate of drug-likeness (QED) is 0.777. The third-order valence-corrected chi connectivity index (χ3v) is 4.59. The number of carboxylic acids is 1. The molecule has 2 aliphatic rings. The van der Waals surface area contributed by atoms with Crippen molar-refractivity contribution in [1.29, 1.82) is 0 Å². The lowest BCUT2D eigenvalue weighted by Gasteiger charge is -2.35. The van der Waals surface area contributed by atoms with Crippen molar-refractivity contribution in [2.75, 3.05) is 0 Å². The number of Topliss-reactive ketones (excluding diaryl/α,β-unsaturated/α-hetero) is 3. The Bertz CT molecular complexity index is 429. The number of carboxylic acid groups (broad SMARTS) is 1. The molecule has 0 radical (unpaired) electrons. The van der Waals surface area contributed by atoms with Crippen LogP contribution in [0.3, 0.4) is 0 Å². The van der Waals surface area contributed by atoms with Crippen molar-refractivity contribution in [3.63, 3.8) is 0 Å². The average Bonchev–Trinajstić information content (AvgIpc) is 2.24. The number of rotatable bonds is 4. The molecule has 2 rings (SSSR count). The van der Waals surface area contributed by atoms with Crippen LogP contribution in [0.25, 0.3) is 0 Å². The van der Waals surface area contributed by atoms with Gasteiger partial charge in [0.2, 0.25) is 0 Å². The predicted molar refractivity (Wildman–Crippen MR) is 65.4 cm³/mol. The van der Waals surface area contributed by atoms with Crippen LogP contribution < -0.4 is 0 Å². The van der Waals surface area contributed by atoms with E-state index in [2.05, 4.69) is 0 Å². The van der Waals surface area contributed by atoms with Gasteiger partial charge in [0.15, 0.2) is 17.3 Å². The number of carbonyl (C=O) groups excluding carboxylic acids is 3. The van der Waals surface area contributed by atoms with Crippen molar-refractivity contribution >= 4 is 23.3 Å². The van der Waals surface area contributed by atoms with Gasteiger partial charge in [-0.2, -0.15) is 0 Å². The Morgan fingerprint density at radius 1 is 1.21 bits per heavy atom. The zero-order chi connectivity index (χ0) is 14.2. The molecule has 0 aromatic heterocycles. The second kappa shape index (κ2) is 4.87. The van der Waals surface area contributed by atoms with Crippen LogP contribution in [0.15, 0.2) is 0 Å². The van der Waals surface area contributed by atoms with Gasteiger partial charge in [0.05, 0.1) is 5.41 Å². The van der Waals surface area contributed by atoms with Crippen molar-refractivity contribution in [3.05, 3.63) is 0 Å². The summed E-state index contributed by atoms with van der Waals surface area (Å²) in [5.74, 6) is -3.77. The van der Waals surface area contributed by atoms with Crippen molar-refractivity contribution in [2.24, 2.45) is 17.3 Å². The van der Waals surface area contributed by atoms with Gasteiger partial charge in [0.25, 0.3) is 0 Å². The van der Waals surface area contributed by atoms with E-state index in [1.165, 1.54) is 0 Å². The predicted octanol–water partition coefficient (Wildman–Crippen LogP) is 1.38. The van der Waals surface area contributed by atoms with E-state index in [-0.39, 0.29) is 31.0 Å². The fourth-order valence-corrected chi connectivity index (χ4v) is 2.91. The number of carbonyl (C=O) groups is 4. The number of ketones is 3. The zero-order valence-corrected chi connectivity index (χ0v) is 11.0. The van der Waals surface area contributed by atoms with Gasteiger partial charge in [-0.3, -0.25) is 19.2 Å². The highest BCUT2D eigenvalue weighted by Crippen LogP contribution is 2.40. The molecule has 0 unspecified atom stereocenters. The highest BCUT2D eigenvalue weighted by atomic mass is 16.4. The van der Waals surface area contributed by atoms with Gasteiger partial charge >= 0.3 is 5.97 Å². The highest BCUT2D eigenvalue weighted by molar-refractivity contribution is 6.22. The molecule has 2 fully saturated rings. The Morgan fingerprint density at radius 3 is 2.05 bits per heavy atom. The maximum Gasteiger partial charge on any atom is 0.310 e. The molecule has 0 bridgehead atoms. The fourth-order valence-electron chi connectivity index (χ4n) is 2.91. The molecule has 0 heterocycles. The van der Waals surface area contributed by atoms with Gasteiger partial charge in [-0.1, -0.05) is 13.3 Å². The lowest BCUT2D eigenvalue weighted by atomic mass is 9.64. The molecular formula is C14H18O5. The van der Waals surface area contributed by atoms with Crippen LogP contribution in [-0.2, 0) is 19.2 Å². The lowest BCUT2D eigenvalue weighted by molar-refractivity contribution is -0.161. The van der Waals surface area contributed by atoms with E-state index in [9.17, 15) is 24.3 Å². The van der Waals surface area contributed by atoms with Crippen LogP contribution in [0, 0.1) is 17.3 Å². The molecule has 5 heteroatoms. The largest absolute Gasteiger partial charge is 0.481 e. The Kier molecular flexibility index (Phi) is 3.56. The second-order valence-corrected chi connectivity index (χ2v) is 5.69. The Balaban J connectivity index is 2.19. The summed E-state index contributed by atoms with van der Waals surface area (Å²) < 4.78 is 0. The van der Waals surface area contributed by atoms with E-state index in [0.29, 0.717) is 0 Å². The van der Waals surface area contributed by atoms with Gasteiger partial charge < -0.3 is 5.11 Å². The molecule has 0 aromatic rings. The first-order valence-electron chi connectivity index (χ1n) is 6.74. The first-order chi connectivity index (χ1) is 8.91. The summed E-state index contributed by atoms with van der Waals surface area (Å²) in [5, 5.41) is 9.23. The van der Waals surface area contributed by atoms with Crippen molar-refractivity contribution in [2.45, 2.75) is 45.4 Å². The van der Waals surface area contributed by atoms with Crippen LogP contribution in [0.2, 0.25) is 0 Å². The molecule has 19 heavy (non-hydrogen) atoms. The summed E-state index contributed by atoms with van der Waals surface area (Å²) in [4.78, 5) is 47.5. The van der Waals surface area contributed by atoms with Crippen molar-refractivity contribution < 1.29 is 24.3 Å². The molecule has 2 saturated carbocycles. The maximum absolute atomic E-state index is 12.1. The topological polar surface area (TPSA) is 88.5 Å². The third kappa shape index (κ3) is 2.22. The zero-order valence-electron chi connectivity index (χ0n) is 11.0. The smallest absolute Gasteiger partial charge is 0.310 e. The fraction of sp³-hybridized carbons (Fsp3) is 0.714. The van der Waals surface area contributed by atoms with Crippen LogP contribution in [0.5, 0.6) is 0 Å². The SMILES string of the molecule is CCC1(C(=O)O)CC(=O)C(C(=O)C2CCC2)C(=O)C1. The van der Waals surface area contributed by atoms with Gasteiger partial charge in [-0.15, -0.1) is 0 Å². The average molecular weight is 266 g/mol. The minimum atomic E-state index is -1.30. The Morgan fingerprint density at radius 2 is 1.74 bits per heavy atom. The molecule has 104 valence electrons. The Hall–Kier alpha value is -1.52. The molecule has 0 saturated heterocycles. The molecule has 0 aromatic carbocycles. The first-order valence-corrected chi connectivity index (χ1v) is 6.74. The molecular weight excluding hydrogens is 248 g/mol. The lowest BCUT2D eigenvalue weighted by Crippen LogP contribution is -2.49. The highest BCUT2D eigenvalue weighted by Gasteiger charge is 2.52. The van der Waals surface area contributed by atoms with E-state index in [1.807, 2.05) is 0 Å². The van der Waals surface area contributed by atoms with Gasteiger partial charge in [-0.25, -0.2) is 0 Å². The molecule has 5 nitrogen and oxygen atoms in total.